The largest absolute Gasteiger partial charge is 0.493 e. The summed E-state index contributed by atoms with van der Waals surface area (Å²) in [5.41, 5.74) is 3.00. The maximum Gasteiger partial charge on any atom is 0.275 e. The highest BCUT2D eigenvalue weighted by atomic mass is 19.1. The summed E-state index contributed by atoms with van der Waals surface area (Å²) in [6.45, 7) is 7.65. The van der Waals surface area contributed by atoms with Crippen LogP contribution in [-0.2, 0) is 0 Å². The van der Waals surface area contributed by atoms with Gasteiger partial charge >= 0.3 is 0 Å². The van der Waals surface area contributed by atoms with Gasteiger partial charge in [-0.15, -0.1) is 0 Å². The van der Waals surface area contributed by atoms with Gasteiger partial charge in [-0.1, -0.05) is 19.7 Å². The number of oxazole rings is 1. The van der Waals surface area contributed by atoms with E-state index in [9.17, 15) is 5.26 Å². The molecule has 1 aliphatic rings. The van der Waals surface area contributed by atoms with Crippen LogP contribution in [0.15, 0.2) is 34.7 Å². The number of benzene rings is 1. The van der Waals surface area contributed by atoms with Crippen LogP contribution >= 0.6 is 0 Å². The second-order valence-electron chi connectivity index (χ2n) is 9.15. The van der Waals surface area contributed by atoms with Gasteiger partial charge < -0.3 is 14.1 Å². The fourth-order valence-electron chi connectivity index (χ4n) is 4.92. The van der Waals surface area contributed by atoms with E-state index in [0.717, 1.165) is 30.8 Å². The molecule has 5 rings (SSSR count). The summed E-state index contributed by atoms with van der Waals surface area (Å²) in [6.07, 6.45) is 0.988. The Morgan fingerprint density at radius 3 is 2.71 bits per heavy atom. The zero-order chi connectivity index (χ0) is 24.0. The number of anilines is 1. The summed E-state index contributed by atoms with van der Waals surface area (Å²) in [4.78, 5) is 15.9. The number of nitrogens with zero attached hydrogens (tertiary/aromatic N) is 5. The molecule has 1 atom stereocenters. The Hall–Kier alpha value is -3.67. The predicted octanol–water partition coefficient (Wildman–Crippen LogP) is 5.44. The van der Waals surface area contributed by atoms with Crippen LogP contribution in [-0.4, -0.2) is 41.9 Å². The van der Waals surface area contributed by atoms with Crippen molar-refractivity contribution < 1.29 is 13.5 Å². The molecule has 4 heterocycles. The van der Waals surface area contributed by atoms with Gasteiger partial charge in [-0.05, 0) is 42.6 Å². The lowest BCUT2D eigenvalue weighted by atomic mass is 9.35. The second-order valence-corrected chi connectivity index (χ2v) is 9.15. The van der Waals surface area contributed by atoms with Gasteiger partial charge in [-0.3, -0.25) is 0 Å². The van der Waals surface area contributed by atoms with E-state index in [1.165, 1.54) is 7.11 Å². The van der Waals surface area contributed by atoms with Crippen molar-refractivity contribution in [2.24, 2.45) is 0 Å². The summed E-state index contributed by atoms with van der Waals surface area (Å²) in [6, 6.07) is 9.28. The molecule has 9 heteroatoms. The Morgan fingerprint density at radius 2 is 1.97 bits per heavy atom. The molecule has 4 aromatic rings. The van der Waals surface area contributed by atoms with Crippen LogP contribution in [0.3, 0.4) is 0 Å². The van der Waals surface area contributed by atoms with Crippen molar-refractivity contribution in [1.29, 1.82) is 5.26 Å². The van der Waals surface area contributed by atoms with Gasteiger partial charge in [0, 0.05) is 31.5 Å². The monoisotopic (exact) mass is 457 g/mol. The highest BCUT2D eigenvalue weighted by molar-refractivity contribution is 6.69. The smallest absolute Gasteiger partial charge is 0.275 e. The Labute approximate surface area is 197 Å². The van der Waals surface area contributed by atoms with Crippen LogP contribution in [0.5, 0.6) is 5.75 Å². The number of fused-ring (bicyclic) bond motifs is 2. The van der Waals surface area contributed by atoms with Crippen molar-refractivity contribution in [2.45, 2.75) is 38.8 Å². The number of nitriles is 1. The lowest BCUT2D eigenvalue weighted by Crippen LogP contribution is -2.27. The number of halogens is 1. The quantitative estimate of drug-likeness (QED) is 0.369. The normalized spacial score (nSPS) is 15.9. The van der Waals surface area contributed by atoms with Gasteiger partial charge in [-0.25, -0.2) is 24.6 Å². The van der Waals surface area contributed by atoms with Crippen LogP contribution < -0.4 is 9.64 Å². The second kappa shape index (κ2) is 8.60. The van der Waals surface area contributed by atoms with E-state index < -0.39 is 5.82 Å². The molecule has 0 N–H and O–H groups in total. The number of ether oxygens (including phenoxy) is 1. The van der Waals surface area contributed by atoms with Crippen LogP contribution in [0.1, 0.15) is 26.2 Å². The van der Waals surface area contributed by atoms with Crippen LogP contribution in [0.2, 0.25) is 11.6 Å². The SMILES string of the molecule is COc1c(-c2ccc3nc(N4CCC(B(C#N)C(C)C)C4)ccc3n2)cc2oc(C)nc2c1F. The molecular formula is C25H25BFN5O2. The zero-order valence-corrected chi connectivity index (χ0v) is 19.7. The van der Waals surface area contributed by atoms with Crippen molar-refractivity contribution in [2.75, 3.05) is 25.1 Å². The van der Waals surface area contributed by atoms with E-state index in [0.29, 0.717) is 39.9 Å². The highest BCUT2D eigenvalue weighted by Gasteiger charge is 2.35. The molecule has 0 bridgehead atoms. The Morgan fingerprint density at radius 1 is 1.21 bits per heavy atom. The molecule has 34 heavy (non-hydrogen) atoms. The summed E-state index contributed by atoms with van der Waals surface area (Å²) in [7, 11) is 1.43. The highest BCUT2D eigenvalue weighted by Crippen LogP contribution is 2.38. The molecule has 0 aliphatic carbocycles. The number of rotatable bonds is 5. The fourth-order valence-corrected chi connectivity index (χ4v) is 4.92. The number of aryl methyl sites for hydroxylation is 1. The van der Waals surface area contributed by atoms with E-state index in [-0.39, 0.29) is 18.0 Å². The number of methoxy groups -OCH3 is 1. The van der Waals surface area contributed by atoms with Crippen molar-refractivity contribution in [3.63, 3.8) is 0 Å². The van der Waals surface area contributed by atoms with Crippen molar-refractivity contribution >= 4 is 34.7 Å². The number of hydrogen-bond acceptors (Lipinski definition) is 7. The first-order chi connectivity index (χ1) is 16.4. The minimum atomic E-state index is -0.567. The molecule has 1 aromatic carbocycles. The predicted molar refractivity (Wildman–Crippen MR) is 131 cm³/mol. The minimum Gasteiger partial charge on any atom is -0.493 e. The Bertz CT molecular complexity index is 1430. The first kappa shape index (κ1) is 22.1. The van der Waals surface area contributed by atoms with Gasteiger partial charge in [0.15, 0.2) is 23.0 Å². The summed E-state index contributed by atoms with van der Waals surface area (Å²) in [5, 5.41) is 9.55. The molecule has 1 saturated heterocycles. The third-order valence-electron chi connectivity index (χ3n) is 6.62. The molecule has 0 amide bonds. The molecule has 0 radical (unpaired) electrons. The molecule has 1 unspecified atom stereocenters. The van der Waals surface area contributed by atoms with Crippen LogP contribution in [0.25, 0.3) is 33.4 Å². The van der Waals surface area contributed by atoms with E-state index >= 15 is 4.39 Å². The van der Waals surface area contributed by atoms with E-state index in [2.05, 4.69) is 29.7 Å². The average molecular weight is 457 g/mol. The lowest BCUT2D eigenvalue weighted by molar-refractivity contribution is 0.390. The summed E-state index contributed by atoms with van der Waals surface area (Å²) < 4.78 is 25.9. The first-order valence-electron chi connectivity index (χ1n) is 11.5. The molecular weight excluding hydrogens is 432 g/mol. The van der Waals surface area contributed by atoms with E-state index in [1.807, 2.05) is 24.3 Å². The molecule has 1 fully saturated rings. The molecule has 1 aliphatic heterocycles. The maximum atomic E-state index is 15.0. The average Bonchev–Trinajstić information content (AvgIpc) is 3.45. The molecule has 0 saturated carbocycles. The number of pyridine rings is 2. The zero-order valence-electron chi connectivity index (χ0n) is 19.7. The third kappa shape index (κ3) is 3.73. The summed E-state index contributed by atoms with van der Waals surface area (Å²) in [5.74, 6) is 3.95. The van der Waals surface area contributed by atoms with Gasteiger partial charge in [-0.2, -0.15) is 0 Å². The number of hydrogen-bond donors (Lipinski definition) is 0. The van der Waals surface area contributed by atoms with Gasteiger partial charge in [0.05, 0.1) is 23.8 Å². The third-order valence-corrected chi connectivity index (χ3v) is 6.62. The van der Waals surface area contributed by atoms with Gasteiger partial charge in [0.1, 0.15) is 11.3 Å². The topological polar surface area (TPSA) is 88.1 Å². The Kier molecular flexibility index (Phi) is 5.60. The van der Waals surface area contributed by atoms with Crippen molar-refractivity contribution in [1.82, 2.24) is 15.0 Å². The fraction of sp³-hybridized carbons (Fsp3) is 0.360. The first-order valence-corrected chi connectivity index (χ1v) is 11.5. The lowest BCUT2D eigenvalue weighted by Gasteiger charge is -2.20. The van der Waals surface area contributed by atoms with Gasteiger partial charge in [0.25, 0.3) is 6.71 Å². The van der Waals surface area contributed by atoms with E-state index in [4.69, 9.17) is 19.1 Å². The minimum absolute atomic E-state index is 0.0514. The number of aromatic nitrogens is 3. The standard InChI is InChI=1S/C25H25BFN5O2/c1-14(2)26(13-28)16-9-10-32(12-16)22-8-7-19-20(31-22)6-5-18(30-19)17-11-21-24(29-15(3)34-21)23(27)25(17)33-4/h5-8,11,14,16H,9-10,12H2,1-4H3. The van der Waals surface area contributed by atoms with Crippen LogP contribution in [0.4, 0.5) is 10.2 Å². The van der Waals surface area contributed by atoms with Crippen LogP contribution in [0, 0.1) is 24.0 Å². The summed E-state index contributed by atoms with van der Waals surface area (Å²) >= 11 is 0. The Balaban J connectivity index is 1.47. The van der Waals surface area contributed by atoms with Crippen molar-refractivity contribution in [3.05, 3.63) is 42.0 Å². The molecule has 172 valence electrons. The molecule has 3 aromatic heterocycles. The molecule has 0 spiro atoms. The van der Waals surface area contributed by atoms with E-state index in [1.54, 1.807) is 13.0 Å². The van der Waals surface area contributed by atoms with Crippen molar-refractivity contribution in [3.8, 4) is 23.0 Å². The molecule has 7 nitrogen and oxygen atoms in total. The maximum absolute atomic E-state index is 15.0. The van der Waals surface area contributed by atoms with Gasteiger partial charge in [0.2, 0.25) is 0 Å².